The van der Waals surface area contributed by atoms with E-state index in [2.05, 4.69) is 17.6 Å². The molecule has 0 heterocycles. The Kier molecular flexibility index (Phi) is 6.38. The predicted molar refractivity (Wildman–Crippen MR) is 84.7 cm³/mol. The van der Waals surface area contributed by atoms with E-state index in [0.29, 0.717) is 19.2 Å². The molecule has 0 atom stereocenters. The molecule has 0 aromatic heterocycles. The fourth-order valence-electron chi connectivity index (χ4n) is 2.58. The Hall–Kier alpha value is -1.71. The normalized spacial score (nSPS) is 15.5. The van der Waals surface area contributed by atoms with E-state index in [1.165, 1.54) is 24.8 Å². The van der Waals surface area contributed by atoms with E-state index in [0.717, 1.165) is 25.0 Å². The van der Waals surface area contributed by atoms with Gasteiger partial charge in [0.15, 0.2) is 0 Å². The topological polar surface area (TPSA) is 50.4 Å². The average Bonchev–Trinajstić information content (AvgIpc) is 2.50. The number of amides is 2. The molecule has 0 aliphatic heterocycles. The maximum atomic E-state index is 11.7. The minimum Gasteiger partial charge on any atom is -0.494 e. The summed E-state index contributed by atoms with van der Waals surface area (Å²) in [6, 6.07) is 8.33. The molecule has 0 radical (unpaired) electrons. The zero-order valence-corrected chi connectivity index (χ0v) is 12.9. The lowest BCUT2D eigenvalue weighted by Crippen LogP contribution is -2.43. The van der Waals surface area contributed by atoms with Crippen molar-refractivity contribution in [2.75, 3.05) is 13.2 Å². The van der Waals surface area contributed by atoms with Crippen molar-refractivity contribution < 1.29 is 9.53 Å². The third-order valence-electron chi connectivity index (χ3n) is 3.84. The van der Waals surface area contributed by atoms with Crippen molar-refractivity contribution >= 4 is 6.03 Å². The van der Waals surface area contributed by atoms with Crippen molar-refractivity contribution in [2.24, 2.45) is 0 Å². The lowest BCUT2D eigenvalue weighted by atomic mass is 9.96. The molecule has 1 saturated carbocycles. The zero-order chi connectivity index (χ0) is 14.9. The summed E-state index contributed by atoms with van der Waals surface area (Å²) in [6.07, 6.45) is 6.81. The highest BCUT2D eigenvalue weighted by molar-refractivity contribution is 5.74. The van der Waals surface area contributed by atoms with Gasteiger partial charge in [0.25, 0.3) is 0 Å². The van der Waals surface area contributed by atoms with Crippen LogP contribution in [-0.4, -0.2) is 25.2 Å². The summed E-state index contributed by atoms with van der Waals surface area (Å²) in [6.45, 7) is 3.32. The summed E-state index contributed by atoms with van der Waals surface area (Å²) in [4.78, 5) is 11.7. The van der Waals surface area contributed by atoms with Crippen LogP contribution in [0.1, 0.15) is 44.1 Å². The third kappa shape index (κ3) is 6.06. The first kappa shape index (κ1) is 15.7. The lowest BCUT2D eigenvalue weighted by Gasteiger charge is -2.22. The van der Waals surface area contributed by atoms with Crippen LogP contribution in [0.3, 0.4) is 0 Å². The number of nitrogens with one attached hydrogen (secondary N) is 2. The van der Waals surface area contributed by atoms with Crippen LogP contribution in [0.25, 0.3) is 0 Å². The molecular weight excluding hydrogens is 264 g/mol. The number of carbonyl (C=O) groups excluding carboxylic acids is 1. The summed E-state index contributed by atoms with van der Waals surface area (Å²) in [7, 11) is 0. The standard InChI is InChI=1S/C17H26N2O2/c1-14-8-10-16(11-9-14)21-13-5-12-18-17(20)19-15-6-3-2-4-7-15/h8-11,15H,2-7,12-13H2,1H3,(H2,18,19,20). The van der Waals surface area contributed by atoms with Gasteiger partial charge in [0.2, 0.25) is 0 Å². The summed E-state index contributed by atoms with van der Waals surface area (Å²) >= 11 is 0. The maximum Gasteiger partial charge on any atom is 0.315 e. The van der Waals surface area contributed by atoms with E-state index < -0.39 is 0 Å². The van der Waals surface area contributed by atoms with Crippen LogP contribution in [0.2, 0.25) is 0 Å². The molecule has 1 aliphatic carbocycles. The van der Waals surface area contributed by atoms with E-state index in [9.17, 15) is 4.79 Å². The molecule has 1 aromatic carbocycles. The fraction of sp³-hybridized carbons (Fsp3) is 0.588. The van der Waals surface area contributed by atoms with Gasteiger partial charge >= 0.3 is 6.03 Å². The average molecular weight is 290 g/mol. The van der Waals surface area contributed by atoms with E-state index in [4.69, 9.17) is 4.74 Å². The highest BCUT2D eigenvalue weighted by Gasteiger charge is 2.14. The summed E-state index contributed by atoms with van der Waals surface area (Å²) in [5, 5.41) is 5.94. The van der Waals surface area contributed by atoms with Crippen LogP contribution < -0.4 is 15.4 Å². The molecule has 2 N–H and O–H groups in total. The van der Waals surface area contributed by atoms with Crippen molar-refractivity contribution in [1.29, 1.82) is 0 Å². The minimum absolute atomic E-state index is 0.0442. The number of hydrogen-bond acceptors (Lipinski definition) is 2. The Balaban J connectivity index is 1.52. The third-order valence-corrected chi connectivity index (χ3v) is 3.84. The number of ether oxygens (including phenoxy) is 1. The lowest BCUT2D eigenvalue weighted by molar-refractivity contribution is 0.231. The Morgan fingerprint density at radius 1 is 1.19 bits per heavy atom. The molecule has 1 aromatic rings. The first-order valence-electron chi connectivity index (χ1n) is 7.98. The van der Waals surface area contributed by atoms with Gasteiger partial charge in [0.05, 0.1) is 6.61 Å². The van der Waals surface area contributed by atoms with Crippen molar-refractivity contribution in [3.8, 4) is 5.75 Å². The molecule has 0 unspecified atom stereocenters. The molecule has 1 aliphatic rings. The molecule has 0 saturated heterocycles. The van der Waals surface area contributed by atoms with Crippen LogP contribution in [0.4, 0.5) is 4.79 Å². The first-order chi connectivity index (χ1) is 10.2. The second-order valence-electron chi connectivity index (χ2n) is 5.75. The minimum atomic E-state index is -0.0442. The second kappa shape index (κ2) is 8.55. The van der Waals surface area contributed by atoms with Crippen molar-refractivity contribution in [1.82, 2.24) is 10.6 Å². The molecule has 4 nitrogen and oxygen atoms in total. The Morgan fingerprint density at radius 2 is 1.90 bits per heavy atom. The highest BCUT2D eigenvalue weighted by Crippen LogP contribution is 2.17. The van der Waals surface area contributed by atoms with Gasteiger partial charge in [-0.2, -0.15) is 0 Å². The molecule has 4 heteroatoms. The van der Waals surface area contributed by atoms with E-state index >= 15 is 0 Å². The molecule has 0 bridgehead atoms. The molecule has 2 amide bonds. The fourth-order valence-corrected chi connectivity index (χ4v) is 2.58. The largest absolute Gasteiger partial charge is 0.494 e. The molecular formula is C17H26N2O2. The molecule has 116 valence electrons. The summed E-state index contributed by atoms with van der Waals surface area (Å²) in [5.74, 6) is 0.882. The molecule has 21 heavy (non-hydrogen) atoms. The molecule has 1 fully saturated rings. The van der Waals surface area contributed by atoms with Gasteiger partial charge < -0.3 is 15.4 Å². The SMILES string of the molecule is Cc1ccc(OCCCNC(=O)NC2CCCCC2)cc1. The predicted octanol–water partition coefficient (Wildman–Crippen LogP) is 3.40. The zero-order valence-electron chi connectivity index (χ0n) is 12.9. The number of aryl methyl sites for hydroxylation is 1. The summed E-state index contributed by atoms with van der Waals surface area (Å²) < 4.78 is 5.62. The van der Waals surface area contributed by atoms with Crippen LogP contribution in [0.5, 0.6) is 5.75 Å². The highest BCUT2D eigenvalue weighted by atomic mass is 16.5. The Morgan fingerprint density at radius 3 is 2.62 bits per heavy atom. The first-order valence-corrected chi connectivity index (χ1v) is 7.98. The van der Waals surface area contributed by atoms with E-state index in [1.807, 2.05) is 24.3 Å². The van der Waals surface area contributed by atoms with Crippen LogP contribution >= 0.6 is 0 Å². The summed E-state index contributed by atoms with van der Waals surface area (Å²) in [5.41, 5.74) is 1.23. The van der Waals surface area contributed by atoms with E-state index in [1.54, 1.807) is 0 Å². The van der Waals surface area contributed by atoms with E-state index in [-0.39, 0.29) is 6.03 Å². The van der Waals surface area contributed by atoms with Crippen molar-refractivity contribution in [3.05, 3.63) is 29.8 Å². The Bertz CT molecular complexity index is 425. The number of benzene rings is 1. The number of urea groups is 1. The van der Waals surface area contributed by atoms with Gasteiger partial charge in [-0.1, -0.05) is 37.0 Å². The van der Waals surface area contributed by atoms with Gasteiger partial charge in [-0.15, -0.1) is 0 Å². The molecule has 2 rings (SSSR count). The van der Waals surface area contributed by atoms with Gasteiger partial charge in [-0.05, 0) is 38.3 Å². The maximum absolute atomic E-state index is 11.7. The van der Waals surface area contributed by atoms with Crippen molar-refractivity contribution in [3.63, 3.8) is 0 Å². The van der Waals surface area contributed by atoms with Gasteiger partial charge in [-0.25, -0.2) is 4.79 Å². The monoisotopic (exact) mass is 290 g/mol. The quantitative estimate of drug-likeness (QED) is 0.789. The van der Waals surface area contributed by atoms with Gasteiger partial charge in [0, 0.05) is 12.6 Å². The number of carbonyl (C=O) groups is 1. The number of rotatable bonds is 6. The number of hydrogen-bond donors (Lipinski definition) is 2. The smallest absolute Gasteiger partial charge is 0.315 e. The second-order valence-corrected chi connectivity index (χ2v) is 5.75. The van der Waals surface area contributed by atoms with Crippen LogP contribution in [0.15, 0.2) is 24.3 Å². The van der Waals surface area contributed by atoms with Gasteiger partial charge in [-0.3, -0.25) is 0 Å². The van der Waals surface area contributed by atoms with Crippen LogP contribution in [0, 0.1) is 6.92 Å². The van der Waals surface area contributed by atoms with Crippen molar-refractivity contribution in [2.45, 2.75) is 51.5 Å². The van der Waals surface area contributed by atoms with Crippen LogP contribution in [-0.2, 0) is 0 Å². The Labute approximate surface area is 127 Å². The van der Waals surface area contributed by atoms with Gasteiger partial charge in [0.1, 0.15) is 5.75 Å². The molecule has 0 spiro atoms.